The fraction of sp³-hybridized carbons (Fsp3) is 0.459. The van der Waals surface area contributed by atoms with Gasteiger partial charge in [-0.2, -0.15) is 0 Å². The second kappa shape index (κ2) is 22.7. The van der Waals surface area contributed by atoms with E-state index in [9.17, 15) is 10.2 Å². The van der Waals surface area contributed by atoms with E-state index in [2.05, 4.69) is 62.4 Å². The van der Waals surface area contributed by atoms with E-state index in [1.165, 1.54) is 56.7 Å². The van der Waals surface area contributed by atoms with Gasteiger partial charge in [0.1, 0.15) is 0 Å². The average Bonchev–Trinajstić information content (AvgIpc) is 3.00. The second-order valence-electron chi connectivity index (χ2n) is 10.5. The van der Waals surface area contributed by atoms with Crippen LogP contribution in [0.5, 0.6) is 11.5 Å². The Morgan fingerprint density at radius 2 is 1.07 bits per heavy atom. The summed E-state index contributed by atoms with van der Waals surface area (Å²) in [5, 5.41) is 22.5. The van der Waals surface area contributed by atoms with Gasteiger partial charge in [0.25, 0.3) is 0 Å². The van der Waals surface area contributed by atoms with Crippen LogP contribution in [0.25, 0.3) is 0 Å². The van der Waals surface area contributed by atoms with Gasteiger partial charge >= 0.3 is 16.5 Å². The monoisotopic (exact) mass is 612 g/mol. The minimum atomic E-state index is -0.374. The molecule has 0 saturated heterocycles. The number of aliphatic imine (C=N–C) groups is 2. The molecule has 0 unspecified atom stereocenters. The van der Waals surface area contributed by atoms with Crippen molar-refractivity contribution in [1.82, 2.24) is 0 Å². The first-order valence-corrected chi connectivity index (χ1v) is 15.8. The first-order chi connectivity index (χ1) is 20.0. The van der Waals surface area contributed by atoms with Crippen LogP contribution in [-0.4, -0.2) is 11.4 Å². The molecule has 0 aliphatic rings. The maximum Gasteiger partial charge on any atom is 2.00 e. The smallest absolute Gasteiger partial charge is 0.873 e. The van der Waals surface area contributed by atoms with Gasteiger partial charge in [-0.25, -0.2) is 0 Å². The van der Waals surface area contributed by atoms with E-state index < -0.39 is 0 Å². The third-order valence-corrected chi connectivity index (χ3v) is 7.11. The molecular weight excluding hydrogens is 563 g/mol. The number of para-hydroxylation sites is 2. The van der Waals surface area contributed by atoms with Gasteiger partial charge in [0.2, 0.25) is 0 Å². The largest absolute Gasteiger partial charge is 2.00 e. The molecule has 0 saturated carbocycles. The first-order valence-electron chi connectivity index (χ1n) is 15.8. The first kappa shape index (κ1) is 37.1. The summed E-state index contributed by atoms with van der Waals surface area (Å²) >= 11 is 0. The Hall–Kier alpha value is -2.91. The number of aryl methyl sites for hydroxylation is 1. The standard InChI is InChI=1S/C26H36N2.C11H16O2.Ni/c1-3-5-7-8-9-16-22-26(28-24-19-14-11-15-20-24)25(21-6-4-2)27-23-17-12-10-13-18-23;1-3-5-9-8(4-2)6-7-10(12)11(9)13;/h10-15,17-20H,3-9,16,21-22H2,1-2H3;6-7,12-13H,3-5H2,1-2H3;/q;;+2/p-2. The van der Waals surface area contributed by atoms with Gasteiger partial charge in [-0.15, -0.1) is 11.5 Å². The predicted molar refractivity (Wildman–Crippen MR) is 173 cm³/mol. The Morgan fingerprint density at radius 1 is 0.571 bits per heavy atom. The molecule has 0 N–H and O–H groups in total. The van der Waals surface area contributed by atoms with Gasteiger partial charge in [-0.05, 0) is 68.4 Å². The van der Waals surface area contributed by atoms with Gasteiger partial charge in [0.15, 0.2) is 0 Å². The molecule has 0 radical (unpaired) electrons. The van der Waals surface area contributed by atoms with E-state index in [0.717, 1.165) is 66.7 Å². The molecule has 0 amide bonds. The van der Waals surface area contributed by atoms with Crippen molar-refractivity contribution in [2.75, 3.05) is 0 Å². The van der Waals surface area contributed by atoms with Gasteiger partial charge in [0, 0.05) is 0 Å². The van der Waals surface area contributed by atoms with Gasteiger partial charge in [-0.1, -0.05) is 127 Å². The minimum Gasteiger partial charge on any atom is -0.873 e. The van der Waals surface area contributed by atoms with E-state index in [1.807, 2.05) is 26.0 Å². The Bertz CT molecular complexity index is 1180. The summed E-state index contributed by atoms with van der Waals surface area (Å²) < 4.78 is 0. The molecule has 3 aromatic carbocycles. The summed E-state index contributed by atoms with van der Waals surface area (Å²) in [6.07, 6.45) is 14.6. The number of nitrogens with zero attached hydrogens (tertiary/aromatic N) is 2. The molecule has 4 nitrogen and oxygen atoms in total. The molecule has 42 heavy (non-hydrogen) atoms. The van der Waals surface area contributed by atoms with Crippen molar-refractivity contribution in [1.29, 1.82) is 0 Å². The Morgan fingerprint density at radius 3 is 1.57 bits per heavy atom. The molecular formula is C37H50N2NiO2. The van der Waals surface area contributed by atoms with E-state index in [1.54, 1.807) is 6.07 Å². The number of hydrogen-bond donors (Lipinski definition) is 0. The van der Waals surface area contributed by atoms with E-state index in [4.69, 9.17) is 9.98 Å². The van der Waals surface area contributed by atoms with E-state index in [-0.39, 0.29) is 28.0 Å². The molecule has 0 fully saturated rings. The van der Waals surface area contributed by atoms with Crippen LogP contribution in [0.15, 0.2) is 82.8 Å². The molecule has 3 aromatic rings. The number of rotatable bonds is 16. The molecule has 5 heteroatoms. The SMILES string of the molecule is CCCCCCCCC(=Nc1ccccc1)C(CCCC)=Nc1ccccc1.CCCc1c(CC)ccc([O-])c1[O-].[Ni+2]. The maximum atomic E-state index is 11.4. The van der Waals surface area contributed by atoms with Gasteiger partial charge in [0.05, 0.1) is 22.8 Å². The Balaban J connectivity index is 0.000000529. The second-order valence-corrected chi connectivity index (χ2v) is 10.5. The van der Waals surface area contributed by atoms with Crippen molar-refractivity contribution < 1.29 is 26.7 Å². The molecule has 0 heterocycles. The topological polar surface area (TPSA) is 70.8 Å². The quantitative estimate of drug-likeness (QED) is 0.0917. The van der Waals surface area contributed by atoms with Crippen molar-refractivity contribution in [3.05, 3.63) is 83.9 Å². The molecule has 0 aromatic heterocycles. The predicted octanol–water partition coefficient (Wildman–Crippen LogP) is 9.82. The van der Waals surface area contributed by atoms with Crippen molar-refractivity contribution in [2.45, 2.75) is 111 Å². The summed E-state index contributed by atoms with van der Waals surface area (Å²) in [5.74, 6) is -0.679. The summed E-state index contributed by atoms with van der Waals surface area (Å²) in [6, 6.07) is 23.8. The fourth-order valence-corrected chi connectivity index (χ4v) is 4.77. The van der Waals surface area contributed by atoms with E-state index in [0.29, 0.717) is 0 Å². The van der Waals surface area contributed by atoms with Gasteiger partial charge in [-0.3, -0.25) is 9.98 Å². The van der Waals surface area contributed by atoms with Crippen molar-refractivity contribution in [2.24, 2.45) is 9.98 Å². The Labute approximate surface area is 265 Å². The summed E-state index contributed by atoms with van der Waals surface area (Å²) in [5.41, 5.74) is 6.12. The normalized spacial score (nSPS) is 11.4. The van der Waals surface area contributed by atoms with E-state index >= 15 is 0 Å². The molecule has 230 valence electrons. The van der Waals surface area contributed by atoms with Crippen LogP contribution in [0.3, 0.4) is 0 Å². The fourth-order valence-electron chi connectivity index (χ4n) is 4.77. The molecule has 0 bridgehead atoms. The Kier molecular flexibility index (Phi) is 20.0. The van der Waals surface area contributed by atoms with Crippen LogP contribution in [0.4, 0.5) is 11.4 Å². The molecule has 0 aliphatic carbocycles. The van der Waals surface area contributed by atoms with Crippen LogP contribution >= 0.6 is 0 Å². The average molecular weight is 614 g/mol. The number of hydrogen-bond acceptors (Lipinski definition) is 4. The third-order valence-electron chi connectivity index (χ3n) is 7.11. The van der Waals surface area contributed by atoms with Crippen LogP contribution in [-0.2, 0) is 29.3 Å². The van der Waals surface area contributed by atoms with Crippen LogP contribution < -0.4 is 10.2 Å². The molecule has 3 rings (SSSR count). The zero-order valence-electron chi connectivity index (χ0n) is 26.1. The zero-order chi connectivity index (χ0) is 29.7. The number of unbranched alkanes of at least 4 members (excludes halogenated alkanes) is 6. The van der Waals surface area contributed by atoms with Crippen LogP contribution in [0.1, 0.15) is 109 Å². The molecule has 0 spiro atoms. The number of benzene rings is 3. The van der Waals surface area contributed by atoms with Crippen molar-refractivity contribution in [3.8, 4) is 11.5 Å². The summed E-state index contributed by atoms with van der Waals surface area (Å²) in [4.78, 5) is 10.0. The van der Waals surface area contributed by atoms with Crippen LogP contribution in [0.2, 0.25) is 0 Å². The minimum absolute atomic E-state index is 0. The maximum absolute atomic E-state index is 11.4. The molecule has 0 atom stereocenters. The summed E-state index contributed by atoms with van der Waals surface area (Å²) in [6.45, 7) is 8.52. The van der Waals surface area contributed by atoms with Crippen molar-refractivity contribution in [3.63, 3.8) is 0 Å². The van der Waals surface area contributed by atoms with Crippen molar-refractivity contribution >= 4 is 22.8 Å². The van der Waals surface area contributed by atoms with Gasteiger partial charge < -0.3 is 10.2 Å². The zero-order valence-corrected chi connectivity index (χ0v) is 27.1. The molecule has 0 aliphatic heterocycles. The summed E-state index contributed by atoms with van der Waals surface area (Å²) in [7, 11) is 0. The third kappa shape index (κ3) is 13.8. The van der Waals surface area contributed by atoms with Crippen LogP contribution in [0, 0.1) is 0 Å².